The number of carbonyl (C=O) groups excluding carboxylic acids is 2. The first-order chi connectivity index (χ1) is 9.39. The van der Waals surface area contributed by atoms with Crippen molar-refractivity contribution in [2.75, 3.05) is 6.61 Å². The summed E-state index contributed by atoms with van der Waals surface area (Å²) in [6.07, 6.45) is 6.30. The molecule has 0 bridgehead atoms. The lowest BCUT2D eigenvalue weighted by Crippen LogP contribution is -2.50. The van der Waals surface area contributed by atoms with Crippen LogP contribution in [0.2, 0.25) is 0 Å². The van der Waals surface area contributed by atoms with Gasteiger partial charge in [-0.05, 0) is 32.1 Å². The van der Waals surface area contributed by atoms with Gasteiger partial charge in [0.25, 0.3) is 5.91 Å². The van der Waals surface area contributed by atoms with Gasteiger partial charge in [-0.15, -0.1) is 0 Å². The fourth-order valence-corrected chi connectivity index (χ4v) is 1.89. The summed E-state index contributed by atoms with van der Waals surface area (Å²) in [6, 6.07) is 2.08. The van der Waals surface area contributed by atoms with Crippen LogP contribution in [-0.2, 0) is 14.3 Å². The zero-order valence-corrected chi connectivity index (χ0v) is 12.3. The first-order valence-corrected chi connectivity index (χ1v) is 6.93. The lowest BCUT2D eigenvalue weighted by atomic mass is 9.90. The molecule has 1 aliphatic carbocycles. The highest BCUT2D eigenvalue weighted by Gasteiger charge is 2.30. The molecule has 0 aliphatic heterocycles. The number of rotatable bonds is 5. The maximum atomic E-state index is 11.8. The van der Waals surface area contributed by atoms with Gasteiger partial charge in [0.1, 0.15) is 5.54 Å². The number of amides is 1. The number of allylic oxidation sites excluding steroid dienone is 2. The number of carbonyl (C=O) groups is 2. The van der Waals surface area contributed by atoms with Gasteiger partial charge < -0.3 is 10.1 Å². The maximum Gasteiger partial charge on any atom is 0.309 e. The topological polar surface area (TPSA) is 79.2 Å². The largest absolute Gasteiger partial charge is 0.455 e. The molecule has 0 saturated carbocycles. The average Bonchev–Trinajstić information content (AvgIpc) is 2.45. The smallest absolute Gasteiger partial charge is 0.309 e. The maximum absolute atomic E-state index is 11.8. The fourth-order valence-electron chi connectivity index (χ4n) is 1.89. The van der Waals surface area contributed by atoms with Crippen molar-refractivity contribution in [2.45, 2.75) is 45.6 Å². The molecule has 2 atom stereocenters. The van der Waals surface area contributed by atoms with E-state index in [1.54, 1.807) is 6.92 Å². The van der Waals surface area contributed by atoms with Gasteiger partial charge in [0, 0.05) is 0 Å². The average molecular weight is 278 g/mol. The van der Waals surface area contributed by atoms with Crippen molar-refractivity contribution in [1.29, 1.82) is 5.26 Å². The highest BCUT2D eigenvalue weighted by atomic mass is 16.5. The number of ether oxygens (including phenoxy) is 1. The molecule has 1 amide bonds. The summed E-state index contributed by atoms with van der Waals surface area (Å²) in [4.78, 5) is 23.5. The van der Waals surface area contributed by atoms with Gasteiger partial charge in [-0.1, -0.05) is 26.0 Å². The molecule has 0 aromatic rings. The summed E-state index contributed by atoms with van der Waals surface area (Å²) in [5.41, 5.74) is -0.947. The Labute approximate surface area is 120 Å². The van der Waals surface area contributed by atoms with Gasteiger partial charge >= 0.3 is 5.97 Å². The van der Waals surface area contributed by atoms with Crippen molar-refractivity contribution in [1.82, 2.24) is 5.32 Å². The Morgan fingerprint density at radius 1 is 1.50 bits per heavy atom. The number of nitrogens with one attached hydrogen (secondary N) is 1. The Hall–Kier alpha value is -1.83. The van der Waals surface area contributed by atoms with E-state index in [1.165, 1.54) is 0 Å². The molecule has 0 spiro atoms. The minimum absolute atomic E-state index is 0.0318. The quantitative estimate of drug-likeness (QED) is 0.615. The van der Waals surface area contributed by atoms with Crippen molar-refractivity contribution in [3.8, 4) is 6.07 Å². The van der Waals surface area contributed by atoms with Crippen LogP contribution in [0.3, 0.4) is 0 Å². The van der Waals surface area contributed by atoms with E-state index in [0.717, 1.165) is 12.8 Å². The Morgan fingerprint density at radius 2 is 2.20 bits per heavy atom. The molecule has 0 radical (unpaired) electrons. The lowest BCUT2D eigenvalue weighted by Gasteiger charge is -2.27. The molecule has 5 nitrogen and oxygen atoms in total. The fraction of sp³-hybridized carbons (Fsp3) is 0.667. The third kappa shape index (κ3) is 4.37. The van der Waals surface area contributed by atoms with Gasteiger partial charge in [0.15, 0.2) is 6.61 Å². The minimum atomic E-state index is -0.947. The molecule has 5 heteroatoms. The molecule has 0 aromatic carbocycles. The summed E-state index contributed by atoms with van der Waals surface area (Å²) in [5, 5.41) is 11.7. The van der Waals surface area contributed by atoms with Gasteiger partial charge in [0.05, 0.1) is 12.0 Å². The summed E-state index contributed by atoms with van der Waals surface area (Å²) in [6.45, 7) is 5.03. The first kappa shape index (κ1) is 16.2. The molecular formula is C15H22N2O3. The zero-order valence-electron chi connectivity index (χ0n) is 12.3. The predicted octanol–water partition coefficient (Wildman–Crippen LogP) is 1.94. The number of nitrogens with zero attached hydrogens (tertiary/aromatic N) is 1. The molecule has 110 valence electrons. The first-order valence-electron chi connectivity index (χ1n) is 6.93. The molecular weight excluding hydrogens is 256 g/mol. The van der Waals surface area contributed by atoms with Crippen molar-refractivity contribution < 1.29 is 14.3 Å². The molecule has 1 N–H and O–H groups in total. The van der Waals surface area contributed by atoms with E-state index >= 15 is 0 Å². The molecule has 0 aromatic heterocycles. The van der Waals surface area contributed by atoms with Crippen molar-refractivity contribution in [3.05, 3.63) is 12.2 Å². The normalized spacial score (nSPS) is 20.9. The second-order valence-corrected chi connectivity index (χ2v) is 5.61. The summed E-state index contributed by atoms with van der Waals surface area (Å²) >= 11 is 0. The second-order valence-electron chi connectivity index (χ2n) is 5.61. The summed E-state index contributed by atoms with van der Waals surface area (Å²) in [7, 11) is 0. The summed E-state index contributed by atoms with van der Waals surface area (Å²) in [5.74, 6) is -0.967. The van der Waals surface area contributed by atoms with E-state index in [9.17, 15) is 9.59 Å². The van der Waals surface area contributed by atoms with Crippen molar-refractivity contribution in [3.63, 3.8) is 0 Å². The molecule has 0 saturated heterocycles. The molecule has 0 fully saturated rings. The lowest BCUT2D eigenvalue weighted by molar-refractivity contribution is -0.153. The van der Waals surface area contributed by atoms with E-state index in [2.05, 4.69) is 11.4 Å². The van der Waals surface area contributed by atoms with Crippen LogP contribution in [0.25, 0.3) is 0 Å². The summed E-state index contributed by atoms with van der Waals surface area (Å²) < 4.78 is 5.02. The third-order valence-corrected chi connectivity index (χ3v) is 3.73. The van der Waals surface area contributed by atoms with Crippen molar-refractivity contribution >= 4 is 11.9 Å². The predicted molar refractivity (Wildman–Crippen MR) is 74.4 cm³/mol. The van der Waals surface area contributed by atoms with Gasteiger partial charge in [-0.2, -0.15) is 5.26 Å². The van der Waals surface area contributed by atoms with Crippen LogP contribution in [-0.4, -0.2) is 24.0 Å². The number of hydrogen-bond acceptors (Lipinski definition) is 4. The van der Waals surface area contributed by atoms with E-state index in [0.29, 0.717) is 6.42 Å². The minimum Gasteiger partial charge on any atom is -0.455 e. The van der Waals surface area contributed by atoms with Crippen molar-refractivity contribution in [2.24, 2.45) is 11.8 Å². The van der Waals surface area contributed by atoms with Crippen LogP contribution in [0.1, 0.15) is 40.0 Å². The van der Waals surface area contributed by atoms with Crippen LogP contribution in [0.4, 0.5) is 0 Å². The van der Waals surface area contributed by atoms with E-state index in [-0.39, 0.29) is 24.4 Å². The van der Waals surface area contributed by atoms with Gasteiger partial charge in [-0.25, -0.2) is 0 Å². The molecule has 1 rings (SSSR count). The van der Waals surface area contributed by atoms with E-state index in [1.807, 2.05) is 26.0 Å². The van der Waals surface area contributed by atoms with Gasteiger partial charge in [0.2, 0.25) is 0 Å². The monoisotopic (exact) mass is 278 g/mol. The van der Waals surface area contributed by atoms with Crippen LogP contribution in [0, 0.1) is 23.2 Å². The Kier molecular flexibility index (Phi) is 5.75. The standard InChI is InChI=1S/C15H22N2O3/c1-11(2)15(3,10-16)17-13(18)9-20-14(19)12-7-5-4-6-8-12/h4-5,11-12H,6-9H2,1-3H3,(H,17,18)/t12-,15-/m0/s1. The van der Waals surface area contributed by atoms with Crippen LogP contribution in [0.15, 0.2) is 12.2 Å². The molecule has 0 heterocycles. The Balaban J connectivity index is 2.42. The van der Waals surface area contributed by atoms with E-state index in [4.69, 9.17) is 10.00 Å². The second kappa shape index (κ2) is 7.09. The highest BCUT2D eigenvalue weighted by Crippen LogP contribution is 2.19. The Morgan fingerprint density at radius 3 is 2.70 bits per heavy atom. The van der Waals surface area contributed by atoms with Crippen LogP contribution >= 0.6 is 0 Å². The SMILES string of the molecule is CC(C)[C@](C)(C#N)NC(=O)COC(=O)[C@H]1CC=CCC1. The van der Waals surface area contributed by atoms with E-state index < -0.39 is 11.4 Å². The number of esters is 1. The zero-order chi connectivity index (χ0) is 15.2. The molecule has 0 unspecified atom stereocenters. The number of nitriles is 1. The van der Waals surface area contributed by atoms with Crippen LogP contribution < -0.4 is 5.32 Å². The third-order valence-electron chi connectivity index (χ3n) is 3.73. The Bertz CT molecular complexity index is 437. The molecule has 1 aliphatic rings. The van der Waals surface area contributed by atoms with Gasteiger partial charge in [-0.3, -0.25) is 9.59 Å². The van der Waals surface area contributed by atoms with Crippen LogP contribution in [0.5, 0.6) is 0 Å². The number of hydrogen-bond donors (Lipinski definition) is 1. The highest BCUT2D eigenvalue weighted by molar-refractivity contribution is 5.82. The molecule has 20 heavy (non-hydrogen) atoms.